The molecule has 4 atom stereocenters. The monoisotopic (exact) mass is 535 g/mol. The number of carbonyl (C=O) groups is 2. The Morgan fingerprint density at radius 2 is 1.15 bits per heavy atom. The van der Waals surface area contributed by atoms with Gasteiger partial charge in [0, 0.05) is 11.8 Å². The molecule has 2 bridgehead atoms. The first-order valence-electron chi connectivity index (χ1n) is 14.8. The number of hydrogen-bond donors (Lipinski definition) is 0. The van der Waals surface area contributed by atoms with Crippen LogP contribution < -0.4 is 9.64 Å². The second-order valence-electron chi connectivity index (χ2n) is 13.9. The lowest BCUT2D eigenvalue weighted by Crippen LogP contribution is -2.42. The molecule has 4 heteroatoms. The number of ether oxygens (including phenoxy) is 1. The van der Waals surface area contributed by atoms with Crippen LogP contribution in [0.1, 0.15) is 107 Å². The molecule has 0 aromatic heterocycles. The molecule has 2 amide bonds. The summed E-state index contributed by atoms with van der Waals surface area (Å²) in [6, 6.07) is 21.0. The van der Waals surface area contributed by atoms with E-state index in [9.17, 15) is 9.59 Å². The van der Waals surface area contributed by atoms with E-state index in [1.165, 1.54) is 38.3 Å². The fourth-order valence-electron chi connectivity index (χ4n) is 6.99. The Balaban J connectivity index is 1.46. The third kappa shape index (κ3) is 4.10. The van der Waals surface area contributed by atoms with Gasteiger partial charge < -0.3 is 4.74 Å². The van der Waals surface area contributed by atoms with Crippen LogP contribution in [0.5, 0.6) is 5.75 Å². The zero-order valence-electron chi connectivity index (χ0n) is 24.9. The zero-order valence-corrected chi connectivity index (χ0v) is 24.9. The zero-order chi connectivity index (χ0) is 28.6. The normalized spacial score (nSPS) is 23.2. The number of unbranched alkanes of at least 4 members (excludes halogenated alkanes) is 1. The van der Waals surface area contributed by atoms with Gasteiger partial charge in [0.25, 0.3) is 0 Å². The van der Waals surface area contributed by atoms with Crippen molar-refractivity contribution in [1.29, 1.82) is 0 Å². The highest BCUT2D eigenvalue weighted by molar-refractivity contribution is 6.23. The van der Waals surface area contributed by atoms with E-state index in [1.807, 2.05) is 24.3 Å². The third-order valence-electron chi connectivity index (χ3n) is 9.22. The van der Waals surface area contributed by atoms with Crippen molar-refractivity contribution in [2.75, 3.05) is 11.5 Å². The molecular formula is C36H41NO3. The van der Waals surface area contributed by atoms with Crippen molar-refractivity contribution in [2.45, 2.75) is 84.0 Å². The number of imide groups is 1. The number of carbonyl (C=O) groups excluding carboxylic acids is 2. The highest BCUT2D eigenvalue weighted by atomic mass is 16.5. The van der Waals surface area contributed by atoms with Gasteiger partial charge >= 0.3 is 0 Å². The Kier molecular flexibility index (Phi) is 6.25. The van der Waals surface area contributed by atoms with Crippen molar-refractivity contribution in [1.82, 2.24) is 0 Å². The largest absolute Gasteiger partial charge is 0.494 e. The maximum absolute atomic E-state index is 14.2. The maximum Gasteiger partial charge on any atom is 0.238 e. The summed E-state index contributed by atoms with van der Waals surface area (Å²) in [5.74, 6) is -0.451. The van der Waals surface area contributed by atoms with Gasteiger partial charge in [-0.1, -0.05) is 91.3 Å². The van der Waals surface area contributed by atoms with E-state index in [0.717, 1.165) is 18.6 Å². The number of hydrogen-bond acceptors (Lipinski definition) is 3. The van der Waals surface area contributed by atoms with Gasteiger partial charge in [-0.05, 0) is 74.9 Å². The standard InChI is InChI=1S/C36H41NO3/c1-8-9-18-40-24-14-12-23(13-15-24)37-33(38)31-29-26-17-11-22(36(5,6)7)20-28(26)30(32(31)34(37)39)25-16-10-21(19-27(25)29)35(2,3)4/h10-17,19-20,29-32H,8-9,18H2,1-7H3/t29-,30+,31-,32-/m1/s1. The first kappa shape index (κ1) is 26.8. The maximum atomic E-state index is 14.2. The van der Waals surface area contributed by atoms with Gasteiger partial charge in [-0.3, -0.25) is 9.59 Å². The van der Waals surface area contributed by atoms with Crippen LogP contribution >= 0.6 is 0 Å². The lowest BCUT2D eigenvalue weighted by molar-refractivity contribution is -0.122. The number of nitrogens with zero attached hydrogens (tertiary/aromatic N) is 1. The van der Waals surface area contributed by atoms with Crippen LogP contribution in [0.4, 0.5) is 5.69 Å². The highest BCUT2D eigenvalue weighted by Crippen LogP contribution is 2.62. The molecule has 1 saturated heterocycles. The quantitative estimate of drug-likeness (QED) is 0.247. The van der Waals surface area contributed by atoms with E-state index in [4.69, 9.17) is 4.74 Å². The Labute approximate surface area is 238 Å². The predicted molar refractivity (Wildman–Crippen MR) is 160 cm³/mol. The molecule has 0 spiro atoms. The van der Waals surface area contributed by atoms with Crippen molar-refractivity contribution in [3.63, 3.8) is 0 Å². The molecule has 3 aromatic carbocycles. The van der Waals surface area contributed by atoms with Crippen LogP contribution in [0, 0.1) is 11.8 Å². The lowest BCUT2D eigenvalue weighted by Gasteiger charge is -2.47. The Bertz CT molecular complexity index is 1400. The summed E-state index contributed by atoms with van der Waals surface area (Å²) < 4.78 is 5.83. The molecule has 3 aliphatic carbocycles. The van der Waals surface area contributed by atoms with Crippen molar-refractivity contribution in [3.05, 3.63) is 94.0 Å². The van der Waals surface area contributed by atoms with Gasteiger partial charge in [-0.2, -0.15) is 0 Å². The second-order valence-corrected chi connectivity index (χ2v) is 13.9. The lowest BCUT2D eigenvalue weighted by atomic mass is 9.54. The second kappa shape index (κ2) is 9.33. The van der Waals surface area contributed by atoms with Crippen LogP contribution in [0.25, 0.3) is 0 Å². The highest BCUT2D eigenvalue weighted by Gasteiger charge is 2.62. The third-order valence-corrected chi connectivity index (χ3v) is 9.22. The fourth-order valence-corrected chi connectivity index (χ4v) is 6.99. The van der Waals surface area contributed by atoms with Gasteiger partial charge in [0.05, 0.1) is 24.1 Å². The molecule has 4 nitrogen and oxygen atoms in total. The van der Waals surface area contributed by atoms with Crippen LogP contribution in [0.2, 0.25) is 0 Å². The van der Waals surface area contributed by atoms with E-state index in [-0.39, 0.29) is 34.5 Å². The Morgan fingerprint density at radius 1 is 0.675 bits per heavy atom. The Morgan fingerprint density at radius 3 is 1.57 bits per heavy atom. The summed E-state index contributed by atoms with van der Waals surface area (Å²) in [7, 11) is 0. The molecule has 1 heterocycles. The first-order chi connectivity index (χ1) is 18.9. The minimum atomic E-state index is -0.395. The van der Waals surface area contributed by atoms with Gasteiger partial charge in [-0.15, -0.1) is 0 Å². The predicted octanol–water partition coefficient (Wildman–Crippen LogP) is 7.86. The van der Waals surface area contributed by atoms with E-state index < -0.39 is 11.8 Å². The number of amides is 2. The summed E-state index contributed by atoms with van der Waals surface area (Å²) in [6.07, 6.45) is 2.06. The fraction of sp³-hybridized carbons (Fsp3) is 0.444. The molecule has 1 fully saturated rings. The molecule has 7 rings (SSSR count). The minimum Gasteiger partial charge on any atom is -0.494 e. The van der Waals surface area contributed by atoms with Gasteiger partial charge in [0.1, 0.15) is 5.75 Å². The summed E-state index contributed by atoms with van der Waals surface area (Å²) in [6.45, 7) is 16.2. The average molecular weight is 536 g/mol. The summed E-state index contributed by atoms with van der Waals surface area (Å²) in [5.41, 5.74) is 7.99. The molecule has 0 unspecified atom stereocenters. The van der Waals surface area contributed by atoms with Crippen molar-refractivity contribution >= 4 is 17.5 Å². The summed E-state index contributed by atoms with van der Waals surface area (Å²) in [4.78, 5) is 29.9. The molecule has 0 saturated carbocycles. The molecular weight excluding hydrogens is 494 g/mol. The molecule has 208 valence electrons. The molecule has 1 aliphatic heterocycles. The van der Waals surface area contributed by atoms with Crippen LogP contribution in [0.15, 0.2) is 60.7 Å². The number of anilines is 1. The molecule has 0 N–H and O–H groups in total. The van der Waals surface area contributed by atoms with E-state index >= 15 is 0 Å². The molecule has 4 aliphatic rings. The Hall–Kier alpha value is -3.40. The van der Waals surface area contributed by atoms with Gasteiger partial charge in [0.2, 0.25) is 11.8 Å². The van der Waals surface area contributed by atoms with Crippen molar-refractivity contribution < 1.29 is 14.3 Å². The number of benzene rings is 3. The average Bonchev–Trinajstić information content (AvgIpc) is 3.18. The van der Waals surface area contributed by atoms with Crippen molar-refractivity contribution in [2.24, 2.45) is 11.8 Å². The summed E-state index contributed by atoms with van der Waals surface area (Å²) in [5, 5.41) is 0. The SMILES string of the molecule is CCCCOc1ccc(N2C(=O)[C@@H]3[C@@H]4c5ccc(C(C)(C)C)cc5[C@H](c5ccc(C(C)(C)C)cc54)[C@H]3C2=O)cc1. The van der Waals surface area contributed by atoms with Crippen LogP contribution in [-0.2, 0) is 20.4 Å². The molecule has 3 aromatic rings. The molecule has 40 heavy (non-hydrogen) atoms. The smallest absolute Gasteiger partial charge is 0.238 e. The van der Waals surface area contributed by atoms with Crippen LogP contribution in [-0.4, -0.2) is 18.4 Å². The minimum absolute atomic E-state index is 0.00741. The first-order valence-corrected chi connectivity index (χ1v) is 14.8. The van der Waals surface area contributed by atoms with E-state index in [0.29, 0.717) is 12.3 Å². The van der Waals surface area contributed by atoms with E-state index in [2.05, 4.69) is 84.9 Å². The van der Waals surface area contributed by atoms with Crippen LogP contribution in [0.3, 0.4) is 0 Å². The van der Waals surface area contributed by atoms with E-state index in [1.54, 1.807) is 0 Å². The van der Waals surface area contributed by atoms with Gasteiger partial charge in [-0.25, -0.2) is 4.90 Å². The van der Waals surface area contributed by atoms with Gasteiger partial charge in [0.15, 0.2) is 0 Å². The molecule has 0 radical (unpaired) electrons. The summed E-state index contributed by atoms with van der Waals surface area (Å²) >= 11 is 0. The van der Waals surface area contributed by atoms with Crippen molar-refractivity contribution in [3.8, 4) is 5.75 Å². The number of rotatable bonds is 5. The topological polar surface area (TPSA) is 46.6 Å².